The molecule has 0 aliphatic heterocycles. The molecule has 2 heteroatoms. The highest BCUT2D eigenvalue weighted by atomic mass is 14.7. The Bertz CT molecular complexity index is 315. The van der Waals surface area contributed by atoms with Gasteiger partial charge in [0, 0.05) is 11.9 Å². The van der Waals surface area contributed by atoms with Crippen molar-refractivity contribution in [2.45, 2.75) is 13.8 Å². The quantitative estimate of drug-likeness (QED) is 0.514. The van der Waals surface area contributed by atoms with Gasteiger partial charge in [-0.2, -0.15) is 0 Å². The van der Waals surface area contributed by atoms with Crippen molar-refractivity contribution in [1.82, 2.24) is 4.98 Å². The van der Waals surface area contributed by atoms with Crippen molar-refractivity contribution in [1.29, 1.82) is 0 Å². The number of nitrogens with one attached hydrogen (secondary N) is 1. The molecule has 0 radical (unpaired) electrons. The third-order valence-corrected chi connectivity index (χ3v) is 1.48. The molecule has 0 fully saturated rings. The minimum atomic E-state index is 0.832. The molecule has 0 aliphatic carbocycles. The Morgan fingerprint density at radius 2 is 2.40 bits per heavy atom. The molecule has 0 aromatic carbocycles. The summed E-state index contributed by atoms with van der Waals surface area (Å²) in [4.78, 5) is 3.06. The molecule has 10 heavy (non-hydrogen) atoms. The fourth-order valence-corrected chi connectivity index (χ4v) is 0.964. The van der Waals surface area contributed by atoms with Crippen LogP contribution in [-0.2, 0) is 0 Å². The highest BCUT2D eigenvalue weighted by Gasteiger charge is 1.85. The van der Waals surface area contributed by atoms with Crippen molar-refractivity contribution >= 4 is 11.8 Å². The summed E-state index contributed by atoms with van der Waals surface area (Å²) in [6, 6.07) is 2.01. The Morgan fingerprint density at radius 3 is 2.80 bits per heavy atom. The van der Waals surface area contributed by atoms with E-state index in [0.29, 0.717) is 0 Å². The van der Waals surface area contributed by atoms with Crippen LogP contribution in [0.2, 0.25) is 0 Å². The standard InChI is InChI=1S/C8H12N2/c1-3-7-4-5-10-8(7)6(2)9/h3-5,10H,9H2,1-2H3/b7-3-,8-6-. The predicted molar refractivity (Wildman–Crippen MR) is 43.5 cm³/mol. The monoisotopic (exact) mass is 136 g/mol. The molecule has 0 bridgehead atoms. The third-order valence-electron chi connectivity index (χ3n) is 1.48. The van der Waals surface area contributed by atoms with Crippen LogP contribution >= 0.6 is 0 Å². The van der Waals surface area contributed by atoms with Crippen LogP contribution in [0.15, 0.2) is 12.3 Å². The molecule has 3 N–H and O–H groups in total. The van der Waals surface area contributed by atoms with Gasteiger partial charge in [-0.15, -0.1) is 0 Å². The van der Waals surface area contributed by atoms with Crippen LogP contribution in [0.4, 0.5) is 0 Å². The summed E-state index contributed by atoms with van der Waals surface area (Å²) in [6.45, 7) is 3.88. The van der Waals surface area contributed by atoms with Gasteiger partial charge < -0.3 is 10.7 Å². The van der Waals surface area contributed by atoms with E-state index in [2.05, 4.69) is 4.98 Å². The van der Waals surface area contributed by atoms with Gasteiger partial charge in [-0.05, 0) is 25.1 Å². The van der Waals surface area contributed by atoms with E-state index in [1.807, 2.05) is 32.2 Å². The third kappa shape index (κ3) is 1.05. The molecule has 54 valence electrons. The summed E-state index contributed by atoms with van der Waals surface area (Å²) >= 11 is 0. The van der Waals surface area contributed by atoms with E-state index in [4.69, 9.17) is 5.73 Å². The molecule has 0 saturated heterocycles. The van der Waals surface area contributed by atoms with Gasteiger partial charge in [0.25, 0.3) is 0 Å². The Kier molecular flexibility index (Phi) is 1.81. The van der Waals surface area contributed by atoms with E-state index >= 15 is 0 Å². The van der Waals surface area contributed by atoms with Crippen LogP contribution in [0.25, 0.3) is 11.8 Å². The Balaban J connectivity index is 3.59. The highest BCUT2D eigenvalue weighted by Crippen LogP contribution is 1.70. The van der Waals surface area contributed by atoms with Gasteiger partial charge in [0.2, 0.25) is 0 Å². The first-order valence-corrected chi connectivity index (χ1v) is 3.32. The van der Waals surface area contributed by atoms with Crippen molar-refractivity contribution in [3.8, 4) is 0 Å². The molecule has 0 saturated carbocycles. The van der Waals surface area contributed by atoms with Crippen molar-refractivity contribution in [3.63, 3.8) is 0 Å². The van der Waals surface area contributed by atoms with E-state index in [9.17, 15) is 0 Å². The van der Waals surface area contributed by atoms with Crippen LogP contribution in [-0.4, -0.2) is 4.98 Å². The van der Waals surface area contributed by atoms with Gasteiger partial charge >= 0.3 is 0 Å². The number of rotatable bonds is 0. The van der Waals surface area contributed by atoms with Crippen molar-refractivity contribution in [2.24, 2.45) is 5.73 Å². The molecule has 1 heterocycles. The summed E-state index contributed by atoms with van der Waals surface area (Å²) in [5.41, 5.74) is 6.43. The second kappa shape index (κ2) is 2.60. The molecular weight excluding hydrogens is 124 g/mol. The Labute approximate surface area is 60.1 Å². The molecule has 0 aliphatic rings. The smallest absolute Gasteiger partial charge is 0.0638 e. The van der Waals surface area contributed by atoms with Crippen molar-refractivity contribution in [2.75, 3.05) is 0 Å². The second-order valence-electron chi connectivity index (χ2n) is 2.28. The zero-order valence-corrected chi connectivity index (χ0v) is 6.31. The Morgan fingerprint density at radius 1 is 1.70 bits per heavy atom. The van der Waals surface area contributed by atoms with Crippen LogP contribution in [0.5, 0.6) is 0 Å². The van der Waals surface area contributed by atoms with Crippen molar-refractivity contribution in [3.05, 3.63) is 22.8 Å². The van der Waals surface area contributed by atoms with E-state index < -0.39 is 0 Å². The fourth-order valence-electron chi connectivity index (χ4n) is 0.964. The van der Waals surface area contributed by atoms with Gasteiger partial charge in [-0.1, -0.05) is 6.08 Å². The lowest BCUT2D eigenvalue weighted by atomic mass is 10.3. The van der Waals surface area contributed by atoms with Crippen molar-refractivity contribution < 1.29 is 0 Å². The first kappa shape index (κ1) is 6.93. The van der Waals surface area contributed by atoms with Crippen LogP contribution in [0.1, 0.15) is 13.8 Å². The van der Waals surface area contributed by atoms with Gasteiger partial charge in [0.1, 0.15) is 0 Å². The second-order valence-corrected chi connectivity index (χ2v) is 2.28. The normalized spacial score (nSPS) is 15.6. The van der Waals surface area contributed by atoms with Gasteiger partial charge in [-0.25, -0.2) is 0 Å². The number of hydrogen-bond donors (Lipinski definition) is 2. The number of hydrogen-bond acceptors (Lipinski definition) is 1. The molecule has 1 aromatic heterocycles. The average molecular weight is 136 g/mol. The zero-order valence-electron chi connectivity index (χ0n) is 6.31. The van der Waals surface area contributed by atoms with E-state index in [-0.39, 0.29) is 0 Å². The maximum Gasteiger partial charge on any atom is 0.0638 e. The minimum Gasteiger partial charge on any atom is -0.401 e. The molecule has 1 rings (SSSR count). The van der Waals surface area contributed by atoms with Gasteiger partial charge in [0.05, 0.1) is 5.35 Å². The lowest BCUT2D eigenvalue weighted by Gasteiger charge is -1.84. The molecule has 0 unspecified atom stereocenters. The molecule has 0 atom stereocenters. The molecular formula is C8H12N2. The molecule has 0 spiro atoms. The molecule has 1 aromatic rings. The average Bonchev–Trinajstić information content (AvgIpc) is 2.33. The zero-order chi connectivity index (χ0) is 7.56. The fraction of sp³-hybridized carbons (Fsp3) is 0.250. The summed E-state index contributed by atoms with van der Waals surface area (Å²) in [6.07, 6.45) is 3.92. The first-order chi connectivity index (χ1) is 4.75. The lowest BCUT2D eigenvalue weighted by molar-refractivity contribution is 1.26. The van der Waals surface area contributed by atoms with Crippen LogP contribution in [0.3, 0.4) is 0 Å². The summed E-state index contributed by atoms with van der Waals surface area (Å²) < 4.78 is 0. The summed E-state index contributed by atoms with van der Waals surface area (Å²) in [7, 11) is 0. The van der Waals surface area contributed by atoms with Gasteiger partial charge in [-0.3, -0.25) is 0 Å². The number of aromatic amines is 1. The largest absolute Gasteiger partial charge is 0.401 e. The highest BCUT2D eigenvalue weighted by molar-refractivity contribution is 5.36. The first-order valence-electron chi connectivity index (χ1n) is 3.32. The lowest BCUT2D eigenvalue weighted by Crippen LogP contribution is -2.26. The Hall–Kier alpha value is -1.18. The topological polar surface area (TPSA) is 41.8 Å². The van der Waals surface area contributed by atoms with Crippen LogP contribution < -0.4 is 16.3 Å². The predicted octanol–water partition coefficient (Wildman–Crippen LogP) is -0.0981. The summed E-state index contributed by atoms with van der Waals surface area (Å²) in [5, 5.41) is 2.20. The molecule has 0 amide bonds. The number of nitrogens with two attached hydrogens (primary N) is 1. The SMILES string of the molecule is C/C=c1/cc[nH]/c1=C(/C)N. The maximum absolute atomic E-state index is 5.60. The number of H-pyrrole nitrogens is 1. The van der Waals surface area contributed by atoms with Gasteiger partial charge in [0.15, 0.2) is 0 Å². The number of aromatic nitrogens is 1. The van der Waals surface area contributed by atoms with Crippen LogP contribution in [0, 0.1) is 0 Å². The molecule has 2 nitrogen and oxygen atoms in total. The van der Waals surface area contributed by atoms with E-state index in [1.54, 1.807) is 0 Å². The van der Waals surface area contributed by atoms with E-state index in [1.165, 1.54) is 5.22 Å². The summed E-state index contributed by atoms with van der Waals surface area (Å²) in [5.74, 6) is 0. The minimum absolute atomic E-state index is 0.832. The van der Waals surface area contributed by atoms with E-state index in [0.717, 1.165) is 11.0 Å². The maximum atomic E-state index is 5.60.